The van der Waals surface area contributed by atoms with E-state index in [1.165, 1.54) is 0 Å². The molecule has 0 aromatic carbocycles. The Hall–Kier alpha value is -2.08. The molecule has 0 aliphatic heterocycles. The summed E-state index contributed by atoms with van der Waals surface area (Å²) in [7, 11) is 1.59. The summed E-state index contributed by atoms with van der Waals surface area (Å²) in [4.78, 5) is 4.27. The van der Waals surface area contributed by atoms with Crippen molar-refractivity contribution in [1.29, 1.82) is 0 Å². The van der Waals surface area contributed by atoms with Gasteiger partial charge in [0.25, 0.3) is 0 Å². The van der Waals surface area contributed by atoms with E-state index >= 15 is 0 Å². The first-order chi connectivity index (χ1) is 7.77. The first kappa shape index (κ1) is 10.4. The third-order valence-corrected chi connectivity index (χ3v) is 2.25. The van der Waals surface area contributed by atoms with E-state index in [9.17, 15) is 0 Å². The highest BCUT2D eigenvalue weighted by atomic mass is 16.5. The Balaban J connectivity index is 2.66. The lowest BCUT2D eigenvalue weighted by Gasteiger charge is -1.98. The number of rotatable bonds is 3. The number of imidazole rings is 1. The summed E-state index contributed by atoms with van der Waals surface area (Å²) < 4.78 is 6.88. The number of aromatic nitrogens is 2. The second-order valence-electron chi connectivity index (χ2n) is 3.25. The van der Waals surface area contributed by atoms with Gasteiger partial charge in [0.15, 0.2) is 5.84 Å². The standard InChI is InChI=1S/C10H12N4O2/c1-16-6-8-12-9(10(11)13-15)7-4-2-3-5-14(7)8/h2-5,15H,6H2,1H3,(H2,11,13). The van der Waals surface area contributed by atoms with E-state index in [4.69, 9.17) is 15.7 Å². The Morgan fingerprint density at radius 1 is 1.62 bits per heavy atom. The van der Waals surface area contributed by atoms with Gasteiger partial charge in [0.1, 0.15) is 18.1 Å². The average molecular weight is 220 g/mol. The van der Waals surface area contributed by atoms with E-state index in [0.29, 0.717) is 18.1 Å². The van der Waals surface area contributed by atoms with Crippen LogP contribution in [0, 0.1) is 0 Å². The Morgan fingerprint density at radius 2 is 2.44 bits per heavy atom. The molecule has 6 nitrogen and oxygen atoms in total. The topological polar surface area (TPSA) is 85.1 Å². The number of methoxy groups -OCH3 is 1. The van der Waals surface area contributed by atoms with Crippen LogP contribution in [0.2, 0.25) is 0 Å². The van der Waals surface area contributed by atoms with Crippen molar-refractivity contribution in [2.24, 2.45) is 10.9 Å². The Labute approximate surface area is 92.0 Å². The maximum Gasteiger partial charge on any atom is 0.191 e. The molecule has 0 saturated heterocycles. The molecule has 2 heterocycles. The molecular formula is C10H12N4O2. The molecule has 0 radical (unpaired) electrons. The highest BCUT2D eigenvalue weighted by Crippen LogP contribution is 2.13. The Kier molecular flexibility index (Phi) is 2.74. The third kappa shape index (κ3) is 1.59. The third-order valence-electron chi connectivity index (χ3n) is 2.25. The van der Waals surface area contributed by atoms with Gasteiger partial charge in [-0.05, 0) is 12.1 Å². The molecule has 84 valence electrons. The molecule has 0 aliphatic carbocycles. The lowest BCUT2D eigenvalue weighted by molar-refractivity contribution is 0.177. The zero-order valence-electron chi connectivity index (χ0n) is 8.79. The highest BCUT2D eigenvalue weighted by molar-refractivity contribution is 6.01. The first-order valence-corrected chi connectivity index (χ1v) is 4.70. The van der Waals surface area contributed by atoms with Crippen LogP contribution in [0.15, 0.2) is 29.6 Å². The summed E-state index contributed by atoms with van der Waals surface area (Å²) in [5.74, 6) is 0.700. The van der Waals surface area contributed by atoms with Gasteiger partial charge in [0, 0.05) is 13.3 Å². The minimum absolute atomic E-state index is 0.00828. The van der Waals surface area contributed by atoms with Gasteiger partial charge in [-0.2, -0.15) is 0 Å². The van der Waals surface area contributed by atoms with Gasteiger partial charge < -0.3 is 20.1 Å². The smallest absolute Gasteiger partial charge is 0.191 e. The molecular weight excluding hydrogens is 208 g/mol. The predicted molar refractivity (Wildman–Crippen MR) is 58.4 cm³/mol. The van der Waals surface area contributed by atoms with Crippen molar-refractivity contribution in [3.63, 3.8) is 0 Å². The lowest BCUT2D eigenvalue weighted by Crippen LogP contribution is -2.14. The van der Waals surface area contributed by atoms with Gasteiger partial charge in [0.05, 0.1) is 5.52 Å². The maximum absolute atomic E-state index is 8.67. The fourth-order valence-corrected chi connectivity index (χ4v) is 1.57. The molecule has 16 heavy (non-hydrogen) atoms. The molecule has 0 amide bonds. The van der Waals surface area contributed by atoms with Crippen molar-refractivity contribution in [2.45, 2.75) is 6.61 Å². The Bertz CT molecular complexity index is 533. The molecule has 0 aliphatic rings. The van der Waals surface area contributed by atoms with Gasteiger partial charge in [-0.25, -0.2) is 4.98 Å². The van der Waals surface area contributed by atoms with Crippen LogP contribution in [0.3, 0.4) is 0 Å². The van der Waals surface area contributed by atoms with Crippen LogP contribution in [0.25, 0.3) is 5.52 Å². The number of ether oxygens (including phenoxy) is 1. The Morgan fingerprint density at radius 3 is 3.12 bits per heavy atom. The molecule has 2 aromatic heterocycles. The molecule has 0 unspecified atom stereocenters. The SMILES string of the molecule is COCc1nc(C(N)=NO)c2ccccn12. The van der Waals surface area contributed by atoms with Gasteiger partial charge in [-0.3, -0.25) is 0 Å². The second kappa shape index (κ2) is 4.19. The monoisotopic (exact) mass is 220 g/mol. The van der Waals surface area contributed by atoms with Gasteiger partial charge in [0.2, 0.25) is 0 Å². The van der Waals surface area contributed by atoms with E-state index in [-0.39, 0.29) is 5.84 Å². The second-order valence-corrected chi connectivity index (χ2v) is 3.25. The van der Waals surface area contributed by atoms with Crippen molar-refractivity contribution >= 4 is 11.4 Å². The molecule has 0 atom stereocenters. The quantitative estimate of drug-likeness (QED) is 0.343. The van der Waals surface area contributed by atoms with Crippen molar-refractivity contribution in [3.8, 4) is 0 Å². The van der Waals surface area contributed by atoms with Crippen LogP contribution >= 0.6 is 0 Å². The molecule has 0 fully saturated rings. The maximum atomic E-state index is 8.67. The van der Waals surface area contributed by atoms with Crippen molar-refractivity contribution in [1.82, 2.24) is 9.38 Å². The largest absolute Gasteiger partial charge is 0.409 e. The number of hydrogen-bond acceptors (Lipinski definition) is 4. The molecule has 0 spiro atoms. The number of nitrogens with two attached hydrogens (primary N) is 1. The summed E-state index contributed by atoms with van der Waals surface area (Å²) in [5.41, 5.74) is 6.79. The van der Waals surface area contributed by atoms with Crippen molar-refractivity contribution in [2.75, 3.05) is 7.11 Å². The molecule has 0 bridgehead atoms. The van der Waals surface area contributed by atoms with Crippen LogP contribution in [0.5, 0.6) is 0 Å². The number of pyridine rings is 1. The molecule has 0 saturated carbocycles. The number of oxime groups is 1. The summed E-state index contributed by atoms with van der Waals surface area (Å²) in [6.07, 6.45) is 1.85. The van der Waals surface area contributed by atoms with E-state index in [1.807, 2.05) is 28.8 Å². The fraction of sp³-hybridized carbons (Fsp3) is 0.200. The van der Waals surface area contributed by atoms with E-state index < -0.39 is 0 Å². The molecule has 2 rings (SSSR count). The minimum Gasteiger partial charge on any atom is -0.409 e. The number of hydrogen-bond donors (Lipinski definition) is 2. The normalized spacial score (nSPS) is 12.2. The van der Waals surface area contributed by atoms with Crippen molar-refractivity contribution in [3.05, 3.63) is 35.9 Å². The molecule has 3 N–H and O–H groups in total. The fourth-order valence-electron chi connectivity index (χ4n) is 1.57. The van der Waals surface area contributed by atoms with Crippen LogP contribution in [0.1, 0.15) is 11.5 Å². The van der Waals surface area contributed by atoms with E-state index in [2.05, 4.69) is 10.1 Å². The zero-order chi connectivity index (χ0) is 11.5. The summed E-state index contributed by atoms with van der Waals surface area (Å²) in [5, 5.41) is 11.6. The first-order valence-electron chi connectivity index (χ1n) is 4.70. The average Bonchev–Trinajstić information content (AvgIpc) is 2.68. The predicted octanol–water partition coefficient (Wildman–Crippen LogP) is 0.575. The van der Waals surface area contributed by atoms with Crippen LogP contribution in [-0.4, -0.2) is 27.5 Å². The van der Waals surface area contributed by atoms with Crippen LogP contribution < -0.4 is 5.73 Å². The summed E-state index contributed by atoms with van der Waals surface area (Å²) in [6.45, 7) is 0.365. The highest BCUT2D eigenvalue weighted by Gasteiger charge is 2.13. The number of amidine groups is 1. The van der Waals surface area contributed by atoms with Gasteiger partial charge in [-0.1, -0.05) is 11.2 Å². The van der Waals surface area contributed by atoms with E-state index in [1.54, 1.807) is 7.11 Å². The molecule has 6 heteroatoms. The van der Waals surface area contributed by atoms with E-state index in [0.717, 1.165) is 5.52 Å². The number of nitrogens with zero attached hydrogens (tertiary/aromatic N) is 3. The lowest BCUT2D eigenvalue weighted by atomic mass is 10.3. The van der Waals surface area contributed by atoms with Gasteiger partial charge >= 0.3 is 0 Å². The minimum atomic E-state index is -0.00828. The van der Waals surface area contributed by atoms with Crippen molar-refractivity contribution < 1.29 is 9.94 Å². The number of fused-ring (bicyclic) bond motifs is 1. The van der Waals surface area contributed by atoms with Crippen LogP contribution in [-0.2, 0) is 11.3 Å². The molecule has 2 aromatic rings. The zero-order valence-corrected chi connectivity index (χ0v) is 8.79. The van der Waals surface area contributed by atoms with Crippen LogP contribution in [0.4, 0.5) is 0 Å². The van der Waals surface area contributed by atoms with Gasteiger partial charge in [-0.15, -0.1) is 0 Å². The summed E-state index contributed by atoms with van der Waals surface area (Å²) >= 11 is 0. The summed E-state index contributed by atoms with van der Waals surface area (Å²) in [6, 6.07) is 5.59.